The molecule has 0 radical (unpaired) electrons. The lowest BCUT2D eigenvalue weighted by Crippen LogP contribution is -1.77. The number of aryl methyl sites for hydroxylation is 4. The summed E-state index contributed by atoms with van der Waals surface area (Å²) < 4.78 is 0. The molecule has 4 rings (SSSR count). The first-order valence-corrected chi connectivity index (χ1v) is 8.76. The van der Waals surface area contributed by atoms with Gasteiger partial charge in [0.05, 0.1) is 5.69 Å². The Labute approximate surface area is 166 Å². The molecule has 0 aliphatic heterocycles. The van der Waals surface area contributed by atoms with Gasteiger partial charge in [0.25, 0.3) is 0 Å². The van der Waals surface area contributed by atoms with Crippen molar-refractivity contribution in [1.82, 2.24) is 29.9 Å². The number of nitrogens with zero attached hydrogens (tertiary/aromatic N) is 6. The average molecular weight is 374 g/mol. The third-order valence-corrected chi connectivity index (χ3v) is 3.00. The summed E-state index contributed by atoms with van der Waals surface area (Å²) in [7, 11) is 0. The van der Waals surface area contributed by atoms with Crippen molar-refractivity contribution in [3.63, 3.8) is 0 Å². The SMILES string of the molecule is Cc1ccccn1.Cc1cccnc1.Cc1cnccn1.Cc1cncnc1. The molecule has 0 atom stereocenters. The molecule has 0 unspecified atom stereocenters. The summed E-state index contributed by atoms with van der Waals surface area (Å²) in [5.74, 6) is 0. The van der Waals surface area contributed by atoms with Gasteiger partial charge >= 0.3 is 0 Å². The van der Waals surface area contributed by atoms with Crippen molar-refractivity contribution < 1.29 is 0 Å². The highest BCUT2D eigenvalue weighted by atomic mass is 14.8. The van der Waals surface area contributed by atoms with Crippen LogP contribution in [0.1, 0.15) is 22.5 Å². The van der Waals surface area contributed by atoms with Gasteiger partial charge in [-0.2, -0.15) is 0 Å². The summed E-state index contributed by atoms with van der Waals surface area (Å²) in [5.41, 5.74) is 4.34. The highest BCUT2D eigenvalue weighted by Crippen LogP contribution is 1.88. The van der Waals surface area contributed by atoms with Crippen LogP contribution >= 0.6 is 0 Å². The second-order valence-electron chi connectivity index (χ2n) is 5.76. The summed E-state index contributed by atoms with van der Waals surface area (Å²) in [6.45, 7) is 7.86. The van der Waals surface area contributed by atoms with Crippen LogP contribution in [0.4, 0.5) is 0 Å². The minimum Gasteiger partial charge on any atom is -0.264 e. The predicted octanol–water partition coefficient (Wildman–Crippen LogP) is 4.35. The van der Waals surface area contributed by atoms with E-state index in [4.69, 9.17) is 0 Å². The maximum Gasteiger partial charge on any atom is 0.115 e. The van der Waals surface area contributed by atoms with Crippen molar-refractivity contribution in [2.75, 3.05) is 0 Å². The largest absolute Gasteiger partial charge is 0.264 e. The molecule has 0 aromatic carbocycles. The maximum absolute atomic E-state index is 3.98. The maximum atomic E-state index is 3.98. The summed E-state index contributed by atoms with van der Waals surface area (Å²) in [6, 6.07) is 9.80. The lowest BCUT2D eigenvalue weighted by atomic mass is 10.3. The molecule has 0 spiro atoms. The number of pyridine rings is 2. The van der Waals surface area contributed by atoms with Crippen molar-refractivity contribution in [3.05, 3.63) is 109 Å². The summed E-state index contributed by atoms with van der Waals surface area (Å²) in [4.78, 5) is 23.1. The molecule has 0 aliphatic rings. The molecule has 0 amide bonds. The average Bonchev–Trinajstić information content (AvgIpc) is 2.72. The summed E-state index contributed by atoms with van der Waals surface area (Å²) in [6.07, 6.45) is 15.5. The molecule has 0 aliphatic carbocycles. The van der Waals surface area contributed by atoms with Gasteiger partial charge < -0.3 is 0 Å². The Bertz CT molecular complexity index is 691. The normalized spacial score (nSPS) is 8.71. The van der Waals surface area contributed by atoms with E-state index in [9.17, 15) is 0 Å². The molecule has 4 aromatic heterocycles. The minimum atomic E-state index is 0.961. The van der Waals surface area contributed by atoms with Gasteiger partial charge in [0.2, 0.25) is 0 Å². The van der Waals surface area contributed by atoms with Crippen LogP contribution in [0.5, 0.6) is 0 Å². The fourth-order valence-corrected chi connectivity index (χ4v) is 1.64. The zero-order valence-corrected chi connectivity index (χ0v) is 16.8. The van der Waals surface area contributed by atoms with Crippen LogP contribution in [0.2, 0.25) is 0 Å². The molecule has 0 N–H and O–H groups in total. The Hall–Kier alpha value is -3.54. The molecule has 0 saturated heterocycles. The Morgan fingerprint density at radius 3 is 1.46 bits per heavy atom. The van der Waals surface area contributed by atoms with Crippen LogP contribution in [0.25, 0.3) is 0 Å². The first kappa shape index (κ1) is 22.5. The van der Waals surface area contributed by atoms with Crippen LogP contribution in [0.3, 0.4) is 0 Å². The smallest absolute Gasteiger partial charge is 0.115 e. The number of hydrogen-bond donors (Lipinski definition) is 0. The van der Waals surface area contributed by atoms with Gasteiger partial charge in [-0.15, -0.1) is 0 Å². The van der Waals surface area contributed by atoms with E-state index in [2.05, 4.69) is 29.9 Å². The van der Waals surface area contributed by atoms with Crippen molar-refractivity contribution in [2.24, 2.45) is 0 Å². The predicted molar refractivity (Wildman–Crippen MR) is 111 cm³/mol. The summed E-state index contributed by atoms with van der Waals surface area (Å²) >= 11 is 0. The first-order chi connectivity index (χ1) is 13.6. The number of hydrogen-bond acceptors (Lipinski definition) is 6. The molecule has 6 heteroatoms. The highest BCUT2D eigenvalue weighted by molar-refractivity contribution is 5.04. The van der Waals surface area contributed by atoms with Crippen molar-refractivity contribution in [2.45, 2.75) is 27.7 Å². The highest BCUT2D eigenvalue weighted by Gasteiger charge is 1.75. The van der Waals surface area contributed by atoms with E-state index in [1.807, 2.05) is 64.2 Å². The van der Waals surface area contributed by atoms with Crippen LogP contribution in [0, 0.1) is 27.7 Å². The van der Waals surface area contributed by atoms with E-state index in [1.54, 1.807) is 43.4 Å². The van der Waals surface area contributed by atoms with Crippen molar-refractivity contribution in [1.29, 1.82) is 0 Å². The van der Waals surface area contributed by atoms with Crippen molar-refractivity contribution in [3.8, 4) is 0 Å². The third-order valence-electron chi connectivity index (χ3n) is 3.00. The molecule has 0 saturated carbocycles. The van der Waals surface area contributed by atoms with Crippen LogP contribution < -0.4 is 0 Å². The molecule has 28 heavy (non-hydrogen) atoms. The van der Waals surface area contributed by atoms with Gasteiger partial charge in [-0.05, 0) is 57.0 Å². The molecular weight excluding hydrogens is 348 g/mol. The molecule has 0 bridgehead atoms. The lowest BCUT2D eigenvalue weighted by molar-refractivity contribution is 1.12. The fourth-order valence-electron chi connectivity index (χ4n) is 1.64. The van der Waals surface area contributed by atoms with Gasteiger partial charge in [0, 0.05) is 55.3 Å². The van der Waals surface area contributed by atoms with Crippen LogP contribution in [0.15, 0.2) is 86.2 Å². The Morgan fingerprint density at radius 2 is 1.18 bits per heavy atom. The second kappa shape index (κ2) is 14.6. The summed E-state index contributed by atoms with van der Waals surface area (Å²) in [5, 5.41) is 0. The number of rotatable bonds is 0. The molecule has 4 heterocycles. The van der Waals surface area contributed by atoms with Gasteiger partial charge in [-0.1, -0.05) is 12.1 Å². The first-order valence-electron chi connectivity index (χ1n) is 8.76. The van der Waals surface area contributed by atoms with E-state index < -0.39 is 0 Å². The van der Waals surface area contributed by atoms with Gasteiger partial charge in [-0.25, -0.2) is 9.97 Å². The fraction of sp³-hybridized carbons (Fsp3) is 0.182. The van der Waals surface area contributed by atoms with Crippen LogP contribution in [-0.2, 0) is 0 Å². The van der Waals surface area contributed by atoms with Crippen LogP contribution in [-0.4, -0.2) is 29.9 Å². The number of aromatic nitrogens is 6. The zero-order valence-electron chi connectivity index (χ0n) is 16.8. The monoisotopic (exact) mass is 374 g/mol. The topological polar surface area (TPSA) is 77.3 Å². The van der Waals surface area contributed by atoms with Gasteiger partial charge in [0.1, 0.15) is 6.33 Å². The Morgan fingerprint density at radius 1 is 0.500 bits per heavy atom. The lowest BCUT2D eigenvalue weighted by Gasteiger charge is -1.82. The minimum absolute atomic E-state index is 0.961. The van der Waals surface area contributed by atoms with Crippen molar-refractivity contribution >= 4 is 0 Å². The van der Waals surface area contributed by atoms with E-state index in [-0.39, 0.29) is 0 Å². The quantitative estimate of drug-likeness (QED) is 0.455. The van der Waals surface area contributed by atoms with Gasteiger partial charge in [-0.3, -0.25) is 19.9 Å². The van der Waals surface area contributed by atoms with E-state index in [0.29, 0.717) is 0 Å². The van der Waals surface area contributed by atoms with Gasteiger partial charge in [0.15, 0.2) is 0 Å². The third kappa shape index (κ3) is 12.8. The molecule has 144 valence electrons. The Balaban J connectivity index is 0.000000187. The standard InChI is InChI=1S/2C6H7N.2C5H6N2/c1-6-3-2-4-7-5-6;1-6-4-2-3-5-7-6;1-5-2-6-4-7-3-5;1-5-4-6-2-3-7-5/h2*2-5H,1H3;2*2-4H,1H3. The van der Waals surface area contributed by atoms with E-state index in [0.717, 1.165) is 17.0 Å². The Kier molecular flexibility index (Phi) is 11.7. The zero-order chi connectivity index (χ0) is 20.5. The second-order valence-corrected chi connectivity index (χ2v) is 5.76. The van der Waals surface area contributed by atoms with E-state index in [1.165, 1.54) is 11.9 Å². The molecular formula is C22H26N6. The van der Waals surface area contributed by atoms with E-state index >= 15 is 0 Å². The molecule has 4 aromatic rings. The molecule has 6 nitrogen and oxygen atoms in total. The molecule has 0 fully saturated rings.